The van der Waals surface area contributed by atoms with Crippen LogP contribution in [0.25, 0.3) is 0 Å². The van der Waals surface area contributed by atoms with Gasteiger partial charge < -0.3 is 10.0 Å². The second-order valence-corrected chi connectivity index (χ2v) is 6.20. The molecule has 0 bridgehead atoms. The van der Waals surface area contributed by atoms with E-state index < -0.39 is 5.97 Å². The van der Waals surface area contributed by atoms with Crippen molar-refractivity contribution in [1.82, 2.24) is 14.9 Å². The topological polar surface area (TPSA) is 83.4 Å². The predicted molar refractivity (Wildman–Crippen MR) is 79.6 cm³/mol. The summed E-state index contributed by atoms with van der Waals surface area (Å²) >= 11 is 0. The van der Waals surface area contributed by atoms with Crippen molar-refractivity contribution in [3.63, 3.8) is 0 Å². The van der Waals surface area contributed by atoms with Crippen molar-refractivity contribution in [3.05, 3.63) is 23.8 Å². The van der Waals surface area contributed by atoms with Crippen molar-refractivity contribution >= 4 is 11.9 Å². The summed E-state index contributed by atoms with van der Waals surface area (Å²) in [5, 5.41) is 8.84. The van der Waals surface area contributed by atoms with Gasteiger partial charge in [-0.05, 0) is 31.6 Å². The summed E-state index contributed by atoms with van der Waals surface area (Å²) in [4.78, 5) is 33.2. The van der Waals surface area contributed by atoms with Gasteiger partial charge in [0.25, 0.3) is 5.91 Å². The van der Waals surface area contributed by atoms with Gasteiger partial charge in [-0.1, -0.05) is 19.3 Å². The number of hydrogen-bond donors (Lipinski definition) is 1. The largest absolute Gasteiger partial charge is 0.476 e. The molecule has 2 fully saturated rings. The molecule has 2 heterocycles. The Hall–Kier alpha value is -1.98. The number of nitrogens with zero attached hydrogens (tertiary/aromatic N) is 3. The highest BCUT2D eigenvalue weighted by Gasteiger charge is 2.36. The quantitative estimate of drug-likeness (QED) is 0.926. The molecule has 0 aromatic carbocycles. The Bertz CT molecular complexity index is 552. The number of rotatable bonds is 3. The standard InChI is InChI=1S/C16H21N3O3/c20-15(12-9-18-13(10-17-12)16(21)22)19-8-4-7-14(19)11-5-2-1-3-6-11/h9-11,14H,1-8H2,(H,21,22). The number of aromatic carboxylic acids is 1. The van der Waals surface area contributed by atoms with E-state index in [0.29, 0.717) is 12.0 Å². The number of carboxylic acid groups (broad SMARTS) is 1. The van der Waals surface area contributed by atoms with Gasteiger partial charge in [0.15, 0.2) is 5.69 Å². The molecule has 1 aromatic rings. The van der Waals surface area contributed by atoms with E-state index in [1.807, 2.05) is 4.90 Å². The predicted octanol–water partition coefficient (Wildman–Crippen LogP) is 2.36. The van der Waals surface area contributed by atoms with Crippen molar-refractivity contribution in [2.24, 2.45) is 5.92 Å². The molecule has 1 saturated heterocycles. The van der Waals surface area contributed by atoms with E-state index in [4.69, 9.17) is 5.11 Å². The zero-order valence-electron chi connectivity index (χ0n) is 12.6. The van der Waals surface area contributed by atoms with Crippen LogP contribution >= 0.6 is 0 Å². The van der Waals surface area contributed by atoms with Gasteiger partial charge in [0.05, 0.1) is 12.4 Å². The summed E-state index contributed by atoms with van der Waals surface area (Å²) in [5.41, 5.74) is 0.106. The number of hydrogen-bond acceptors (Lipinski definition) is 4. The Morgan fingerprint density at radius 1 is 1.00 bits per heavy atom. The molecule has 1 aromatic heterocycles. The van der Waals surface area contributed by atoms with E-state index in [1.165, 1.54) is 38.3 Å². The highest BCUT2D eigenvalue weighted by atomic mass is 16.4. The van der Waals surface area contributed by atoms with E-state index in [2.05, 4.69) is 9.97 Å². The van der Waals surface area contributed by atoms with Crippen LogP contribution in [0.1, 0.15) is 65.9 Å². The second-order valence-electron chi connectivity index (χ2n) is 6.20. The van der Waals surface area contributed by atoms with Crippen LogP contribution in [0, 0.1) is 5.92 Å². The monoisotopic (exact) mass is 303 g/mol. The van der Waals surface area contributed by atoms with Gasteiger partial charge in [-0.15, -0.1) is 0 Å². The Labute approximate surface area is 129 Å². The van der Waals surface area contributed by atoms with Gasteiger partial charge in [-0.25, -0.2) is 14.8 Å². The Morgan fingerprint density at radius 2 is 1.68 bits per heavy atom. The lowest BCUT2D eigenvalue weighted by Gasteiger charge is -2.33. The number of likely N-dealkylation sites (tertiary alicyclic amines) is 1. The number of carbonyl (C=O) groups is 2. The first-order chi connectivity index (χ1) is 10.7. The summed E-state index contributed by atoms with van der Waals surface area (Å²) in [6, 6.07) is 0.314. The van der Waals surface area contributed by atoms with Crippen molar-refractivity contribution in [1.29, 1.82) is 0 Å². The molecule has 6 nitrogen and oxygen atoms in total. The molecule has 1 saturated carbocycles. The lowest BCUT2D eigenvalue weighted by molar-refractivity contribution is 0.0648. The number of carboxylic acids is 1. The molecule has 2 aliphatic rings. The summed E-state index contributed by atoms with van der Waals surface area (Å²) < 4.78 is 0. The van der Waals surface area contributed by atoms with Gasteiger partial charge in [0.2, 0.25) is 0 Å². The van der Waals surface area contributed by atoms with Crippen molar-refractivity contribution in [2.75, 3.05) is 6.54 Å². The zero-order chi connectivity index (χ0) is 15.5. The Kier molecular flexibility index (Phi) is 4.36. The van der Waals surface area contributed by atoms with Crippen LogP contribution < -0.4 is 0 Å². The van der Waals surface area contributed by atoms with E-state index in [9.17, 15) is 9.59 Å². The SMILES string of the molecule is O=C(O)c1cnc(C(=O)N2CCCC2C2CCCCC2)cn1. The highest BCUT2D eigenvalue weighted by Crippen LogP contribution is 2.34. The minimum atomic E-state index is -1.13. The molecular weight excluding hydrogens is 282 g/mol. The van der Waals surface area contributed by atoms with Crippen LogP contribution in [-0.4, -0.2) is 44.4 Å². The van der Waals surface area contributed by atoms with Crippen LogP contribution in [0.5, 0.6) is 0 Å². The minimum Gasteiger partial charge on any atom is -0.476 e. The van der Waals surface area contributed by atoms with E-state index >= 15 is 0 Å². The fourth-order valence-electron chi connectivity index (χ4n) is 3.75. The minimum absolute atomic E-state index is 0.113. The molecule has 1 aliphatic carbocycles. The molecule has 0 spiro atoms. The number of carbonyl (C=O) groups excluding carboxylic acids is 1. The average Bonchev–Trinajstić information content (AvgIpc) is 3.04. The fraction of sp³-hybridized carbons (Fsp3) is 0.625. The first-order valence-electron chi connectivity index (χ1n) is 8.03. The third kappa shape index (κ3) is 2.96. The first kappa shape index (κ1) is 14.9. The van der Waals surface area contributed by atoms with Crippen molar-refractivity contribution in [3.8, 4) is 0 Å². The van der Waals surface area contributed by atoms with Gasteiger partial charge in [0.1, 0.15) is 5.69 Å². The van der Waals surface area contributed by atoms with Crippen LogP contribution in [-0.2, 0) is 0 Å². The van der Waals surface area contributed by atoms with Crippen molar-refractivity contribution in [2.45, 2.75) is 51.0 Å². The summed E-state index contributed by atoms with van der Waals surface area (Å²) in [6.45, 7) is 0.766. The molecule has 1 amide bonds. The molecule has 118 valence electrons. The Morgan fingerprint density at radius 3 is 2.32 bits per heavy atom. The van der Waals surface area contributed by atoms with Gasteiger partial charge in [0, 0.05) is 12.6 Å². The maximum Gasteiger partial charge on any atom is 0.356 e. The molecule has 1 atom stereocenters. The molecule has 3 rings (SSSR count). The summed E-state index contributed by atoms with van der Waals surface area (Å²) in [6.07, 6.45) is 10.8. The van der Waals surface area contributed by atoms with E-state index in [1.54, 1.807) is 0 Å². The molecule has 1 N–H and O–H groups in total. The van der Waals surface area contributed by atoms with E-state index in [-0.39, 0.29) is 17.3 Å². The number of amides is 1. The van der Waals surface area contributed by atoms with Crippen LogP contribution in [0.15, 0.2) is 12.4 Å². The zero-order valence-corrected chi connectivity index (χ0v) is 12.6. The average molecular weight is 303 g/mol. The summed E-state index contributed by atoms with van der Waals surface area (Å²) in [7, 11) is 0. The molecular formula is C16H21N3O3. The maximum atomic E-state index is 12.7. The van der Waals surface area contributed by atoms with Crippen LogP contribution in [0.3, 0.4) is 0 Å². The van der Waals surface area contributed by atoms with Crippen LogP contribution in [0.2, 0.25) is 0 Å². The van der Waals surface area contributed by atoms with Crippen LogP contribution in [0.4, 0.5) is 0 Å². The van der Waals surface area contributed by atoms with Gasteiger partial charge in [-0.2, -0.15) is 0 Å². The normalized spacial score (nSPS) is 22.7. The molecule has 1 unspecified atom stereocenters. The third-order valence-electron chi connectivity index (χ3n) is 4.84. The first-order valence-corrected chi connectivity index (χ1v) is 8.03. The molecule has 6 heteroatoms. The van der Waals surface area contributed by atoms with Gasteiger partial charge >= 0.3 is 5.97 Å². The fourth-order valence-corrected chi connectivity index (χ4v) is 3.75. The number of aromatic nitrogens is 2. The summed E-state index contributed by atoms with van der Waals surface area (Å²) in [5.74, 6) is -0.642. The molecule has 1 aliphatic heterocycles. The molecule has 22 heavy (non-hydrogen) atoms. The third-order valence-corrected chi connectivity index (χ3v) is 4.84. The lowest BCUT2D eigenvalue weighted by Crippen LogP contribution is -2.41. The van der Waals surface area contributed by atoms with E-state index in [0.717, 1.165) is 25.6 Å². The van der Waals surface area contributed by atoms with Gasteiger partial charge in [-0.3, -0.25) is 4.79 Å². The molecule has 0 radical (unpaired) electrons. The Balaban J connectivity index is 1.73. The maximum absolute atomic E-state index is 12.7. The lowest BCUT2D eigenvalue weighted by atomic mass is 9.83. The smallest absolute Gasteiger partial charge is 0.356 e. The van der Waals surface area contributed by atoms with Crippen molar-refractivity contribution < 1.29 is 14.7 Å². The second kappa shape index (κ2) is 6.42. The highest BCUT2D eigenvalue weighted by molar-refractivity contribution is 5.93.